The summed E-state index contributed by atoms with van der Waals surface area (Å²) in [5.74, 6) is 0.750. The average Bonchev–Trinajstić information content (AvgIpc) is 2.94. The third-order valence-corrected chi connectivity index (χ3v) is 6.02. The van der Waals surface area contributed by atoms with Crippen molar-refractivity contribution in [2.24, 2.45) is 0 Å². The molecule has 0 bridgehead atoms. The zero-order valence-corrected chi connectivity index (χ0v) is 18.7. The van der Waals surface area contributed by atoms with Crippen LogP contribution in [0.2, 0.25) is 10.0 Å². The molecule has 1 heterocycles. The molecule has 0 fully saturated rings. The van der Waals surface area contributed by atoms with Crippen LogP contribution in [0.4, 0.5) is 16.2 Å². The largest absolute Gasteiger partial charge is 0.492 e. The number of fused-ring (bicyclic) bond motifs is 1. The fourth-order valence-corrected chi connectivity index (χ4v) is 4.19. The summed E-state index contributed by atoms with van der Waals surface area (Å²) in [5.41, 5.74) is 2.46. The summed E-state index contributed by atoms with van der Waals surface area (Å²) in [7, 11) is 4.00. The number of urea groups is 1. The molecule has 0 aromatic heterocycles. The number of hydrogen-bond donors (Lipinski definition) is 1. The zero-order chi connectivity index (χ0) is 19.6. The number of nitrogens with one attached hydrogen (secondary N) is 1. The number of nitrogens with zero attached hydrogens (tertiary/aromatic N) is 2. The quantitative estimate of drug-likeness (QED) is 0.331. The van der Waals surface area contributed by atoms with E-state index in [9.17, 15) is 4.79 Å². The molecule has 0 saturated carbocycles. The van der Waals surface area contributed by atoms with E-state index in [4.69, 9.17) is 27.9 Å². The number of likely N-dealkylation sites (N-methyl/N-ethyl adjacent to an activating group) is 1. The predicted molar refractivity (Wildman–Crippen MR) is 120 cm³/mol. The van der Waals surface area contributed by atoms with Crippen LogP contribution in [0, 0.1) is 0 Å². The highest BCUT2D eigenvalue weighted by molar-refractivity contribution is 14.1. The molecule has 0 saturated heterocycles. The van der Waals surface area contributed by atoms with Gasteiger partial charge in [0.05, 0.1) is 25.5 Å². The van der Waals surface area contributed by atoms with Gasteiger partial charge in [0.25, 0.3) is 0 Å². The summed E-state index contributed by atoms with van der Waals surface area (Å²) in [5, 5.41) is 3.59. The van der Waals surface area contributed by atoms with E-state index in [0.717, 1.165) is 30.0 Å². The number of rotatable bonds is 5. The molecule has 0 radical (unpaired) electrons. The van der Waals surface area contributed by atoms with Crippen molar-refractivity contribution in [3.05, 3.63) is 52.0 Å². The lowest BCUT2D eigenvalue weighted by molar-refractivity contribution is 0.257. The molecule has 2 aromatic rings. The van der Waals surface area contributed by atoms with E-state index in [-0.39, 0.29) is 10.1 Å². The number of ether oxygens (including phenoxy) is 1. The predicted octanol–water partition coefficient (Wildman–Crippen LogP) is 5.29. The highest BCUT2D eigenvalue weighted by Gasteiger charge is 2.33. The van der Waals surface area contributed by atoms with Gasteiger partial charge in [-0.25, -0.2) is 4.79 Å². The molecule has 5 nitrogen and oxygen atoms in total. The molecule has 1 aliphatic heterocycles. The van der Waals surface area contributed by atoms with Gasteiger partial charge in [-0.1, -0.05) is 57.9 Å². The van der Waals surface area contributed by atoms with Gasteiger partial charge in [0.15, 0.2) is 0 Å². The van der Waals surface area contributed by atoms with E-state index in [2.05, 4.69) is 32.8 Å². The molecule has 2 amide bonds. The van der Waals surface area contributed by atoms with Crippen LogP contribution in [0.3, 0.4) is 0 Å². The second-order valence-electron chi connectivity index (χ2n) is 6.48. The van der Waals surface area contributed by atoms with Crippen molar-refractivity contribution in [2.75, 3.05) is 37.5 Å². The minimum Gasteiger partial charge on any atom is -0.492 e. The first-order valence-corrected chi connectivity index (χ1v) is 10.5. The molecule has 1 unspecified atom stereocenters. The van der Waals surface area contributed by atoms with Crippen molar-refractivity contribution in [1.82, 2.24) is 4.90 Å². The summed E-state index contributed by atoms with van der Waals surface area (Å²) in [6.45, 7) is 1.41. The van der Waals surface area contributed by atoms with Gasteiger partial charge in [-0.2, -0.15) is 0 Å². The van der Waals surface area contributed by atoms with E-state index in [0.29, 0.717) is 22.3 Å². The van der Waals surface area contributed by atoms with Gasteiger partial charge in [-0.3, -0.25) is 4.90 Å². The Morgan fingerprint density at radius 1 is 1.33 bits per heavy atom. The van der Waals surface area contributed by atoms with Crippen molar-refractivity contribution in [3.8, 4) is 5.75 Å². The molecule has 1 N–H and O–H groups in total. The van der Waals surface area contributed by atoms with Gasteiger partial charge in [-0.15, -0.1) is 0 Å². The number of anilines is 2. The molecule has 27 heavy (non-hydrogen) atoms. The third-order valence-electron chi connectivity index (χ3n) is 4.20. The summed E-state index contributed by atoms with van der Waals surface area (Å²) in [6, 6.07) is 10.8. The standard InChI is InChI=1S/C19H20Cl2IN3O2/c1-24(2)8-9-27-13-7-6-12-10-17(22)25(16(12)11-13)19(26)23-15-5-3-4-14(20)18(15)21/h3-7,11,17H,8-10H2,1-2H3,(H,23,26). The van der Waals surface area contributed by atoms with Crippen LogP contribution in [-0.4, -0.2) is 42.2 Å². The number of benzene rings is 2. The van der Waals surface area contributed by atoms with E-state index in [1.165, 1.54) is 0 Å². The van der Waals surface area contributed by atoms with Crippen molar-refractivity contribution in [1.29, 1.82) is 0 Å². The highest BCUT2D eigenvalue weighted by atomic mass is 127. The highest BCUT2D eigenvalue weighted by Crippen LogP contribution is 2.38. The minimum atomic E-state index is -0.247. The summed E-state index contributed by atoms with van der Waals surface area (Å²) < 4.78 is 5.82. The van der Waals surface area contributed by atoms with E-state index in [1.807, 2.05) is 32.3 Å². The second kappa shape index (κ2) is 8.86. The van der Waals surface area contributed by atoms with Crippen molar-refractivity contribution in [3.63, 3.8) is 0 Å². The van der Waals surface area contributed by atoms with E-state index in [1.54, 1.807) is 23.1 Å². The smallest absolute Gasteiger partial charge is 0.327 e. The molecule has 1 aliphatic rings. The molecular weight excluding hydrogens is 500 g/mol. The second-order valence-corrected chi connectivity index (χ2v) is 8.71. The van der Waals surface area contributed by atoms with Gasteiger partial charge in [0.1, 0.15) is 12.4 Å². The Balaban J connectivity index is 1.79. The molecule has 144 valence electrons. The fraction of sp³-hybridized carbons (Fsp3) is 0.316. The molecule has 3 rings (SSSR count). The minimum absolute atomic E-state index is 0.00702. The molecular formula is C19H20Cl2IN3O2. The Labute approximate surface area is 182 Å². The van der Waals surface area contributed by atoms with Gasteiger partial charge in [0.2, 0.25) is 0 Å². The Kier molecular flexibility index (Phi) is 6.73. The van der Waals surface area contributed by atoms with Crippen LogP contribution in [0.5, 0.6) is 5.75 Å². The van der Waals surface area contributed by atoms with E-state index < -0.39 is 0 Å². The topological polar surface area (TPSA) is 44.8 Å². The average molecular weight is 520 g/mol. The summed E-state index contributed by atoms with van der Waals surface area (Å²) in [4.78, 5) is 16.7. The number of carbonyl (C=O) groups excluding carboxylic acids is 1. The van der Waals surface area contributed by atoms with Crippen LogP contribution in [-0.2, 0) is 6.42 Å². The monoisotopic (exact) mass is 519 g/mol. The summed E-state index contributed by atoms with van der Waals surface area (Å²) >= 11 is 14.5. The SMILES string of the molecule is CN(C)CCOc1ccc2c(c1)N(C(=O)Nc1cccc(Cl)c1Cl)C(I)C2. The summed E-state index contributed by atoms with van der Waals surface area (Å²) in [6.07, 6.45) is 0.782. The van der Waals surface area contributed by atoms with Crippen LogP contribution < -0.4 is 15.0 Å². The van der Waals surface area contributed by atoms with E-state index >= 15 is 0 Å². The maximum absolute atomic E-state index is 12.9. The number of alkyl halides is 1. The number of hydrogen-bond acceptors (Lipinski definition) is 3. The first-order chi connectivity index (χ1) is 12.9. The van der Waals surface area contributed by atoms with Crippen LogP contribution in [0.25, 0.3) is 0 Å². The molecule has 0 spiro atoms. The van der Waals surface area contributed by atoms with Gasteiger partial charge in [0, 0.05) is 19.0 Å². The van der Waals surface area contributed by atoms with Crippen LogP contribution >= 0.6 is 45.8 Å². The Morgan fingerprint density at radius 3 is 2.85 bits per heavy atom. The van der Waals surface area contributed by atoms with Gasteiger partial charge >= 0.3 is 6.03 Å². The maximum atomic E-state index is 12.9. The maximum Gasteiger partial charge on any atom is 0.327 e. The molecule has 8 heteroatoms. The third kappa shape index (κ3) is 4.80. The number of amides is 2. The first kappa shape index (κ1) is 20.5. The lowest BCUT2D eigenvalue weighted by atomic mass is 10.1. The van der Waals surface area contributed by atoms with Gasteiger partial charge in [-0.05, 0) is 37.9 Å². The van der Waals surface area contributed by atoms with Crippen molar-refractivity contribution < 1.29 is 9.53 Å². The van der Waals surface area contributed by atoms with Gasteiger partial charge < -0.3 is 15.0 Å². The lowest BCUT2D eigenvalue weighted by Gasteiger charge is -2.23. The van der Waals surface area contributed by atoms with Crippen molar-refractivity contribution in [2.45, 2.75) is 10.5 Å². The molecule has 2 aromatic carbocycles. The van der Waals surface area contributed by atoms with Crippen LogP contribution in [0.15, 0.2) is 36.4 Å². The van der Waals surface area contributed by atoms with Crippen LogP contribution in [0.1, 0.15) is 5.56 Å². The zero-order valence-electron chi connectivity index (χ0n) is 15.0. The normalized spacial score (nSPS) is 15.8. The Bertz CT molecular complexity index is 848. The molecule has 1 atom stereocenters. The Morgan fingerprint density at radius 2 is 2.11 bits per heavy atom. The first-order valence-electron chi connectivity index (χ1n) is 8.45. The Hall–Kier alpha value is -1.22. The lowest BCUT2D eigenvalue weighted by Crippen LogP contribution is -2.37. The van der Waals surface area contributed by atoms with Crippen molar-refractivity contribution >= 4 is 63.2 Å². The number of carbonyl (C=O) groups is 1. The number of halogens is 3. The fourth-order valence-electron chi connectivity index (χ4n) is 2.81. The molecule has 0 aliphatic carbocycles.